The predicted molar refractivity (Wildman–Crippen MR) is 130 cm³/mol. The number of benzene rings is 2. The van der Waals surface area contributed by atoms with E-state index in [1.165, 1.54) is 0 Å². The highest BCUT2D eigenvalue weighted by molar-refractivity contribution is 7.92. The molecule has 3 rings (SSSR count). The second kappa shape index (κ2) is 10.6. The van der Waals surface area contributed by atoms with Gasteiger partial charge in [0.05, 0.1) is 29.2 Å². The van der Waals surface area contributed by atoms with Crippen LogP contribution in [-0.2, 0) is 10.0 Å². The summed E-state index contributed by atoms with van der Waals surface area (Å²) in [6, 6.07) is 9.03. The lowest BCUT2D eigenvalue weighted by molar-refractivity contribution is 0.570. The van der Waals surface area contributed by atoms with Crippen LogP contribution in [0.5, 0.6) is 0 Å². The van der Waals surface area contributed by atoms with Gasteiger partial charge in [-0.25, -0.2) is 27.0 Å². The van der Waals surface area contributed by atoms with Gasteiger partial charge in [0.1, 0.15) is 22.3 Å². The summed E-state index contributed by atoms with van der Waals surface area (Å²) < 4.78 is 55.3. The van der Waals surface area contributed by atoms with Crippen molar-refractivity contribution in [1.29, 1.82) is 0 Å². The Bertz CT molecular complexity index is 1330. The Labute approximate surface area is 201 Å². The summed E-state index contributed by atoms with van der Waals surface area (Å²) in [5.74, 6) is -1.87. The van der Waals surface area contributed by atoms with Gasteiger partial charge in [0.25, 0.3) is 10.0 Å². The van der Waals surface area contributed by atoms with Gasteiger partial charge in [-0.2, -0.15) is 0 Å². The fourth-order valence-corrected chi connectivity index (χ4v) is 4.39. The smallest absolute Gasteiger partial charge is 0.266 e. The van der Waals surface area contributed by atoms with E-state index in [0.29, 0.717) is 30.2 Å². The Morgan fingerprint density at radius 3 is 2.56 bits per heavy atom. The molecular formula is C22H21ClF2N6O2S. The SMILES string of the molecule is [C-]#[N+]c1ccc(Nc2cc(F)c(S(=O)(=O)Nc3ccc(F)cn3)cc2Cl)c(N(C)CCNC)c1. The number of nitrogens with zero attached hydrogens (tertiary/aromatic N) is 3. The maximum Gasteiger partial charge on any atom is 0.266 e. The molecule has 178 valence electrons. The number of nitrogens with one attached hydrogen (secondary N) is 3. The van der Waals surface area contributed by atoms with E-state index in [1.807, 2.05) is 19.0 Å². The van der Waals surface area contributed by atoms with Crippen LogP contribution in [0.25, 0.3) is 4.85 Å². The van der Waals surface area contributed by atoms with Gasteiger partial charge in [0, 0.05) is 31.9 Å². The summed E-state index contributed by atoms with van der Waals surface area (Å²) >= 11 is 6.30. The van der Waals surface area contributed by atoms with Gasteiger partial charge in [0.15, 0.2) is 5.69 Å². The number of halogens is 3. The molecule has 0 amide bonds. The lowest BCUT2D eigenvalue weighted by Crippen LogP contribution is -2.27. The molecule has 12 heteroatoms. The van der Waals surface area contributed by atoms with Crippen LogP contribution in [0.3, 0.4) is 0 Å². The highest BCUT2D eigenvalue weighted by Crippen LogP contribution is 2.36. The molecule has 1 heterocycles. The minimum Gasteiger partial charge on any atom is -0.373 e. The lowest BCUT2D eigenvalue weighted by Gasteiger charge is -2.24. The monoisotopic (exact) mass is 506 g/mol. The van der Waals surface area contributed by atoms with Crippen molar-refractivity contribution in [3.05, 3.63) is 76.7 Å². The Balaban J connectivity index is 1.92. The molecule has 0 aliphatic rings. The van der Waals surface area contributed by atoms with Gasteiger partial charge < -0.3 is 15.5 Å². The summed E-state index contributed by atoms with van der Waals surface area (Å²) in [5.41, 5.74) is 1.80. The number of aromatic nitrogens is 1. The molecule has 8 nitrogen and oxygen atoms in total. The van der Waals surface area contributed by atoms with E-state index >= 15 is 0 Å². The van der Waals surface area contributed by atoms with Gasteiger partial charge in [0.2, 0.25) is 0 Å². The second-order valence-electron chi connectivity index (χ2n) is 7.19. The predicted octanol–water partition coefficient (Wildman–Crippen LogP) is 4.76. The van der Waals surface area contributed by atoms with Crippen LogP contribution in [0.2, 0.25) is 5.02 Å². The van der Waals surface area contributed by atoms with E-state index in [4.69, 9.17) is 18.2 Å². The minimum atomic E-state index is -4.38. The van der Waals surface area contributed by atoms with Gasteiger partial charge in [-0.3, -0.25) is 4.72 Å². The number of hydrogen-bond acceptors (Lipinski definition) is 6. The van der Waals surface area contributed by atoms with Crippen LogP contribution in [0, 0.1) is 18.2 Å². The maximum absolute atomic E-state index is 14.9. The van der Waals surface area contributed by atoms with E-state index in [9.17, 15) is 17.2 Å². The van der Waals surface area contributed by atoms with E-state index in [0.717, 1.165) is 30.5 Å². The first-order valence-corrected chi connectivity index (χ1v) is 11.8. The first-order chi connectivity index (χ1) is 16.1. The third-order valence-corrected chi connectivity index (χ3v) is 6.45. The van der Waals surface area contributed by atoms with Crippen molar-refractivity contribution in [2.24, 2.45) is 0 Å². The molecule has 0 fully saturated rings. The van der Waals surface area contributed by atoms with E-state index < -0.39 is 26.6 Å². The Kier molecular flexibility index (Phi) is 7.88. The quantitative estimate of drug-likeness (QED) is 0.362. The Hall–Kier alpha value is -3.46. The molecule has 3 N–H and O–H groups in total. The van der Waals surface area contributed by atoms with Crippen LogP contribution in [0.15, 0.2) is 53.6 Å². The molecule has 0 spiro atoms. The highest BCUT2D eigenvalue weighted by atomic mass is 35.5. The summed E-state index contributed by atoms with van der Waals surface area (Å²) in [5, 5.41) is 6.01. The number of likely N-dealkylation sites (N-methyl/N-ethyl adjacent to an activating group) is 2. The van der Waals surface area contributed by atoms with Crippen molar-refractivity contribution in [3.8, 4) is 0 Å². The zero-order chi connectivity index (χ0) is 24.9. The molecule has 0 bridgehead atoms. The van der Waals surface area contributed by atoms with Crippen LogP contribution >= 0.6 is 11.6 Å². The number of anilines is 4. The number of hydrogen-bond donors (Lipinski definition) is 3. The highest BCUT2D eigenvalue weighted by Gasteiger charge is 2.23. The number of sulfonamides is 1. The van der Waals surface area contributed by atoms with Crippen molar-refractivity contribution in [3.63, 3.8) is 0 Å². The zero-order valence-electron chi connectivity index (χ0n) is 18.2. The Morgan fingerprint density at radius 2 is 1.91 bits per heavy atom. The topological polar surface area (TPSA) is 90.7 Å². The van der Waals surface area contributed by atoms with E-state index in [2.05, 4.69) is 25.2 Å². The van der Waals surface area contributed by atoms with Gasteiger partial charge in [-0.1, -0.05) is 17.7 Å². The van der Waals surface area contributed by atoms with E-state index in [1.54, 1.807) is 18.2 Å². The standard InChI is InChI=1S/C22H21ClF2N6O2S/c1-26-8-9-31(3)20-10-15(27-2)5-6-18(20)29-19-12-17(25)21(11-16(19)23)34(32,33)30-22-7-4-14(24)13-28-22/h4-7,10-13,26,29H,8-9H2,1,3H3,(H,28,30). The van der Waals surface area contributed by atoms with Crippen LogP contribution in [-0.4, -0.2) is 40.6 Å². The van der Waals surface area contributed by atoms with Crippen LogP contribution in [0.1, 0.15) is 0 Å². The van der Waals surface area contributed by atoms with Crippen LogP contribution in [0.4, 0.5) is 37.3 Å². The lowest BCUT2D eigenvalue weighted by atomic mass is 10.2. The first kappa shape index (κ1) is 25.2. The molecule has 0 saturated heterocycles. The molecule has 0 aliphatic carbocycles. The summed E-state index contributed by atoms with van der Waals surface area (Å²) in [6.07, 6.45) is 0.832. The third kappa shape index (κ3) is 5.91. The van der Waals surface area contributed by atoms with Crippen molar-refractivity contribution in [2.45, 2.75) is 4.90 Å². The molecule has 1 aromatic heterocycles. The fourth-order valence-electron chi connectivity index (χ4n) is 3.02. The molecule has 34 heavy (non-hydrogen) atoms. The van der Waals surface area contributed by atoms with Gasteiger partial charge >= 0.3 is 0 Å². The summed E-state index contributed by atoms with van der Waals surface area (Å²) in [6.45, 7) is 8.59. The molecule has 2 aromatic carbocycles. The third-order valence-electron chi connectivity index (χ3n) is 4.77. The number of pyridine rings is 1. The molecule has 0 atom stereocenters. The van der Waals surface area contributed by atoms with Crippen molar-refractivity contribution in [2.75, 3.05) is 42.1 Å². The van der Waals surface area contributed by atoms with Gasteiger partial charge in [-0.05, 0) is 37.4 Å². The first-order valence-electron chi connectivity index (χ1n) is 9.92. The molecule has 3 aromatic rings. The van der Waals surface area contributed by atoms with Crippen LogP contribution < -0.4 is 20.3 Å². The largest absolute Gasteiger partial charge is 0.373 e. The normalized spacial score (nSPS) is 11.1. The second-order valence-corrected chi connectivity index (χ2v) is 9.25. The van der Waals surface area contributed by atoms with Crippen molar-refractivity contribution >= 4 is 50.2 Å². The maximum atomic E-state index is 14.9. The molecule has 0 aliphatic heterocycles. The molecule has 0 unspecified atom stereocenters. The average Bonchev–Trinajstić information content (AvgIpc) is 2.81. The molecular weight excluding hydrogens is 486 g/mol. The molecule has 0 saturated carbocycles. The summed E-state index contributed by atoms with van der Waals surface area (Å²) in [7, 11) is -0.713. The van der Waals surface area contributed by atoms with Crippen molar-refractivity contribution < 1.29 is 17.2 Å². The zero-order valence-corrected chi connectivity index (χ0v) is 19.8. The minimum absolute atomic E-state index is 0.0491. The van der Waals surface area contributed by atoms with Gasteiger partial charge in [-0.15, -0.1) is 0 Å². The van der Waals surface area contributed by atoms with E-state index in [-0.39, 0.29) is 16.5 Å². The summed E-state index contributed by atoms with van der Waals surface area (Å²) in [4.78, 5) is 8.28. The van der Waals surface area contributed by atoms with Crippen molar-refractivity contribution in [1.82, 2.24) is 10.3 Å². The number of rotatable bonds is 9. The average molecular weight is 507 g/mol. The fraction of sp³-hybridized carbons (Fsp3) is 0.182. The Morgan fingerprint density at radius 1 is 1.15 bits per heavy atom. The molecule has 0 radical (unpaired) electrons.